The molecule has 2 rings (SSSR count). The Labute approximate surface area is 119 Å². The Hall–Kier alpha value is -2.10. The summed E-state index contributed by atoms with van der Waals surface area (Å²) in [5.41, 5.74) is 1.40. The first-order valence-corrected chi connectivity index (χ1v) is 6.87. The molecule has 0 aliphatic carbocycles. The van der Waals surface area contributed by atoms with E-state index in [-0.39, 0.29) is 11.9 Å². The fraction of sp³-hybridized carbons (Fsp3) is 0.375. The number of aromatic nitrogens is 1. The van der Waals surface area contributed by atoms with Crippen LogP contribution in [0.3, 0.4) is 0 Å². The van der Waals surface area contributed by atoms with Crippen LogP contribution in [0.5, 0.6) is 0 Å². The molecule has 0 bridgehead atoms. The first kappa shape index (κ1) is 14.3. The molecule has 1 atom stereocenters. The van der Waals surface area contributed by atoms with Crippen LogP contribution in [-0.4, -0.2) is 11.1 Å². The van der Waals surface area contributed by atoms with Crippen LogP contribution in [0.25, 0.3) is 0 Å². The van der Waals surface area contributed by atoms with Crippen molar-refractivity contribution in [2.45, 2.75) is 33.2 Å². The standard InChI is InChI=1S/C16H20N2O2/c1-11(2)9-14-10-15(18-20-14)16(19)17-12(3)13-7-5-4-6-8-13/h4-8,10-12H,9H2,1-3H3,(H,17,19). The van der Waals surface area contributed by atoms with Crippen LogP contribution in [0.1, 0.15) is 48.6 Å². The molecule has 106 valence electrons. The van der Waals surface area contributed by atoms with Crippen molar-refractivity contribution in [3.8, 4) is 0 Å². The molecule has 4 nitrogen and oxygen atoms in total. The van der Waals surface area contributed by atoms with Crippen molar-refractivity contribution in [1.29, 1.82) is 0 Å². The molecule has 1 N–H and O–H groups in total. The van der Waals surface area contributed by atoms with Gasteiger partial charge in [-0.05, 0) is 18.4 Å². The van der Waals surface area contributed by atoms with Crippen molar-refractivity contribution >= 4 is 5.91 Å². The summed E-state index contributed by atoms with van der Waals surface area (Å²) >= 11 is 0. The summed E-state index contributed by atoms with van der Waals surface area (Å²) in [7, 11) is 0. The Morgan fingerprint density at radius 1 is 1.25 bits per heavy atom. The average molecular weight is 272 g/mol. The first-order chi connectivity index (χ1) is 9.56. The van der Waals surface area contributed by atoms with E-state index in [0.29, 0.717) is 11.6 Å². The van der Waals surface area contributed by atoms with Gasteiger partial charge in [-0.15, -0.1) is 0 Å². The highest BCUT2D eigenvalue weighted by Gasteiger charge is 2.16. The highest BCUT2D eigenvalue weighted by atomic mass is 16.5. The number of rotatable bonds is 5. The van der Waals surface area contributed by atoms with Gasteiger partial charge in [-0.1, -0.05) is 49.3 Å². The number of carbonyl (C=O) groups is 1. The number of hydrogen-bond donors (Lipinski definition) is 1. The summed E-state index contributed by atoms with van der Waals surface area (Å²) in [4.78, 5) is 12.1. The summed E-state index contributed by atoms with van der Waals surface area (Å²) in [6.07, 6.45) is 0.786. The lowest BCUT2D eigenvalue weighted by Crippen LogP contribution is -2.26. The van der Waals surface area contributed by atoms with Crippen LogP contribution in [0.15, 0.2) is 40.9 Å². The molecule has 1 aromatic carbocycles. The maximum atomic E-state index is 12.1. The third-order valence-electron chi connectivity index (χ3n) is 3.05. The Morgan fingerprint density at radius 3 is 2.60 bits per heavy atom. The van der Waals surface area contributed by atoms with Crippen LogP contribution >= 0.6 is 0 Å². The molecule has 20 heavy (non-hydrogen) atoms. The van der Waals surface area contributed by atoms with Crippen molar-refractivity contribution in [3.63, 3.8) is 0 Å². The zero-order valence-corrected chi connectivity index (χ0v) is 12.1. The van der Waals surface area contributed by atoms with Crippen molar-refractivity contribution in [2.75, 3.05) is 0 Å². The van der Waals surface area contributed by atoms with E-state index >= 15 is 0 Å². The van der Waals surface area contributed by atoms with E-state index in [1.165, 1.54) is 0 Å². The number of nitrogens with one attached hydrogen (secondary N) is 1. The largest absolute Gasteiger partial charge is 0.361 e. The SMILES string of the molecule is CC(C)Cc1cc(C(=O)NC(C)c2ccccc2)no1. The second-order valence-corrected chi connectivity index (χ2v) is 5.38. The quantitative estimate of drug-likeness (QED) is 0.908. The van der Waals surface area contributed by atoms with Gasteiger partial charge in [0.1, 0.15) is 5.76 Å². The van der Waals surface area contributed by atoms with Gasteiger partial charge in [0, 0.05) is 12.5 Å². The van der Waals surface area contributed by atoms with Crippen molar-refractivity contribution in [3.05, 3.63) is 53.4 Å². The molecule has 1 amide bonds. The molecule has 1 heterocycles. The van der Waals surface area contributed by atoms with Gasteiger partial charge in [0.2, 0.25) is 0 Å². The number of benzene rings is 1. The molecule has 0 aliphatic heterocycles. The average Bonchev–Trinajstić information content (AvgIpc) is 2.87. The van der Waals surface area contributed by atoms with Crippen molar-refractivity contribution in [1.82, 2.24) is 10.5 Å². The summed E-state index contributed by atoms with van der Waals surface area (Å²) in [5.74, 6) is 1.01. The number of carbonyl (C=O) groups excluding carboxylic acids is 1. The van der Waals surface area contributed by atoms with Gasteiger partial charge >= 0.3 is 0 Å². The molecular formula is C16H20N2O2. The van der Waals surface area contributed by atoms with E-state index < -0.39 is 0 Å². The molecule has 0 saturated carbocycles. The lowest BCUT2D eigenvalue weighted by atomic mass is 10.1. The molecular weight excluding hydrogens is 252 g/mol. The molecule has 2 aromatic rings. The second kappa shape index (κ2) is 6.37. The highest BCUT2D eigenvalue weighted by molar-refractivity contribution is 5.92. The smallest absolute Gasteiger partial charge is 0.273 e. The minimum absolute atomic E-state index is 0.0612. The normalized spacial score (nSPS) is 12.4. The topological polar surface area (TPSA) is 55.1 Å². The van der Waals surface area contributed by atoms with Crippen LogP contribution in [0.2, 0.25) is 0 Å². The molecule has 4 heteroatoms. The third-order valence-corrected chi connectivity index (χ3v) is 3.05. The summed E-state index contributed by atoms with van der Waals surface area (Å²) in [5, 5.41) is 6.75. The predicted molar refractivity (Wildman–Crippen MR) is 77.4 cm³/mol. The van der Waals surface area contributed by atoms with Gasteiger partial charge in [-0.3, -0.25) is 4.79 Å². The van der Waals surface area contributed by atoms with Gasteiger partial charge in [0.15, 0.2) is 5.69 Å². The van der Waals surface area contributed by atoms with Gasteiger partial charge in [0.25, 0.3) is 5.91 Å². The Kier molecular flexibility index (Phi) is 4.56. The lowest BCUT2D eigenvalue weighted by molar-refractivity contribution is 0.0930. The van der Waals surface area contributed by atoms with Gasteiger partial charge in [-0.2, -0.15) is 0 Å². The Morgan fingerprint density at radius 2 is 1.95 bits per heavy atom. The van der Waals surface area contributed by atoms with Crippen LogP contribution < -0.4 is 5.32 Å². The summed E-state index contributed by atoms with van der Waals surface area (Å²) < 4.78 is 5.17. The maximum absolute atomic E-state index is 12.1. The molecule has 1 aromatic heterocycles. The number of nitrogens with zero attached hydrogens (tertiary/aromatic N) is 1. The Bertz CT molecular complexity index is 561. The van der Waals surface area contributed by atoms with E-state index in [1.807, 2.05) is 37.3 Å². The van der Waals surface area contributed by atoms with E-state index in [1.54, 1.807) is 6.07 Å². The van der Waals surface area contributed by atoms with E-state index in [2.05, 4.69) is 24.3 Å². The predicted octanol–water partition coefficient (Wildman–Crippen LogP) is 3.36. The minimum Gasteiger partial charge on any atom is -0.361 e. The summed E-state index contributed by atoms with van der Waals surface area (Å²) in [6.45, 7) is 6.14. The van der Waals surface area contributed by atoms with Crippen molar-refractivity contribution in [2.24, 2.45) is 5.92 Å². The maximum Gasteiger partial charge on any atom is 0.273 e. The van der Waals surface area contributed by atoms with Gasteiger partial charge in [-0.25, -0.2) is 0 Å². The zero-order valence-electron chi connectivity index (χ0n) is 12.1. The number of amides is 1. The van der Waals surface area contributed by atoms with Gasteiger partial charge < -0.3 is 9.84 Å². The molecule has 0 fully saturated rings. The van der Waals surface area contributed by atoms with Crippen LogP contribution in [0, 0.1) is 5.92 Å². The Balaban J connectivity index is 1.99. The summed E-state index contributed by atoms with van der Waals surface area (Å²) in [6, 6.07) is 11.5. The highest BCUT2D eigenvalue weighted by Crippen LogP contribution is 2.13. The molecule has 0 spiro atoms. The third kappa shape index (κ3) is 3.70. The lowest BCUT2D eigenvalue weighted by Gasteiger charge is -2.12. The van der Waals surface area contributed by atoms with E-state index in [9.17, 15) is 4.79 Å². The van der Waals surface area contributed by atoms with Gasteiger partial charge in [0.05, 0.1) is 6.04 Å². The molecule has 1 unspecified atom stereocenters. The van der Waals surface area contributed by atoms with E-state index in [4.69, 9.17) is 4.52 Å². The van der Waals surface area contributed by atoms with Crippen LogP contribution in [0.4, 0.5) is 0 Å². The van der Waals surface area contributed by atoms with Crippen LogP contribution in [-0.2, 0) is 6.42 Å². The van der Waals surface area contributed by atoms with E-state index in [0.717, 1.165) is 17.7 Å². The zero-order chi connectivity index (χ0) is 14.5. The first-order valence-electron chi connectivity index (χ1n) is 6.87. The van der Waals surface area contributed by atoms with Crippen molar-refractivity contribution < 1.29 is 9.32 Å². The second-order valence-electron chi connectivity index (χ2n) is 5.38. The molecule has 0 saturated heterocycles. The minimum atomic E-state index is -0.208. The number of hydrogen-bond acceptors (Lipinski definition) is 3. The fourth-order valence-electron chi connectivity index (χ4n) is 2.01. The fourth-order valence-corrected chi connectivity index (χ4v) is 2.01. The molecule has 0 aliphatic rings. The molecule has 0 radical (unpaired) electrons. The monoisotopic (exact) mass is 272 g/mol.